The smallest absolute Gasteiger partial charge is 0.224 e. The molecule has 0 bridgehead atoms. The predicted octanol–water partition coefficient (Wildman–Crippen LogP) is 3.27. The summed E-state index contributed by atoms with van der Waals surface area (Å²) in [4.78, 5) is 44.9. The summed E-state index contributed by atoms with van der Waals surface area (Å²) >= 11 is 0. The summed E-state index contributed by atoms with van der Waals surface area (Å²) in [5.41, 5.74) is 4.68. The molecular weight excluding hydrogens is 534 g/mol. The molecule has 42 heavy (non-hydrogen) atoms. The molecule has 1 saturated heterocycles. The van der Waals surface area contributed by atoms with Crippen molar-refractivity contribution >= 4 is 53.4 Å². The first-order valence-corrected chi connectivity index (χ1v) is 13.2. The number of fused-ring (bicyclic) bond motifs is 1. The monoisotopic (exact) mass is 563 g/mol. The van der Waals surface area contributed by atoms with Crippen LogP contribution in [0.25, 0.3) is 17.0 Å². The zero-order valence-electron chi connectivity index (χ0n) is 22.7. The van der Waals surface area contributed by atoms with E-state index >= 15 is 0 Å². The van der Waals surface area contributed by atoms with Gasteiger partial charge in [0.2, 0.25) is 5.88 Å². The number of anilines is 1. The second kappa shape index (κ2) is 12.5. The fraction of sp³-hybridized carbons (Fsp3) is 0.156. The lowest BCUT2D eigenvalue weighted by atomic mass is 9.95. The van der Waals surface area contributed by atoms with Crippen molar-refractivity contribution in [1.82, 2.24) is 15.6 Å². The Morgan fingerprint density at radius 2 is 1.55 bits per heavy atom. The summed E-state index contributed by atoms with van der Waals surface area (Å²) in [5, 5.41) is 27.1. The number of para-hydroxylation sites is 1. The van der Waals surface area contributed by atoms with Crippen LogP contribution in [-0.2, 0) is 20.9 Å². The lowest BCUT2D eigenvalue weighted by molar-refractivity contribution is -0.114. The highest BCUT2D eigenvalue weighted by Gasteiger charge is 2.31. The van der Waals surface area contributed by atoms with Gasteiger partial charge in [-0.25, -0.2) is 4.98 Å². The minimum atomic E-state index is -0.770. The Labute approximate surface area is 242 Å². The summed E-state index contributed by atoms with van der Waals surface area (Å²) in [7, 11) is 1.97. The molecule has 2 unspecified atom stereocenters. The number of aromatic nitrogens is 1. The van der Waals surface area contributed by atoms with E-state index in [9.17, 15) is 24.6 Å². The van der Waals surface area contributed by atoms with Gasteiger partial charge >= 0.3 is 0 Å². The van der Waals surface area contributed by atoms with E-state index in [1.807, 2.05) is 55.6 Å². The first-order valence-electron chi connectivity index (χ1n) is 13.2. The molecule has 5 rings (SSSR count). The van der Waals surface area contributed by atoms with E-state index in [0.29, 0.717) is 47.6 Å². The number of nitrogens with zero attached hydrogens (tertiary/aromatic N) is 3. The van der Waals surface area contributed by atoms with Crippen molar-refractivity contribution in [2.75, 3.05) is 11.9 Å². The third-order valence-electron chi connectivity index (χ3n) is 7.09. The SMILES string of the molecule is CN(Cc1ccc(N=Cc2c(O)nc3ccccc3c2O)cc1)c1ccc(C=C2C(C=O)NC(C=O)NC2C=O)cc1. The third-order valence-corrected chi connectivity index (χ3v) is 7.09. The average molecular weight is 564 g/mol. The first-order chi connectivity index (χ1) is 20.4. The molecule has 1 fully saturated rings. The molecule has 0 aliphatic carbocycles. The number of benzene rings is 3. The summed E-state index contributed by atoms with van der Waals surface area (Å²) in [6.45, 7) is 0.627. The lowest BCUT2D eigenvalue weighted by Crippen LogP contribution is -2.61. The molecule has 10 nitrogen and oxygen atoms in total. The maximum atomic E-state index is 11.6. The van der Waals surface area contributed by atoms with Gasteiger partial charge in [-0.1, -0.05) is 42.5 Å². The van der Waals surface area contributed by atoms with E-state index in [0.717, 1.165) is 16.8 Å². The van der Waals surface area contributed by atoms with Crippen LogP contribution in [0.15, 0.2) is 83.4 Å². The largest absolute Gasteiger partial charge is 0.506 e. The fourth-order valence-electron chi connectivity index (χ4n) is 4.84. The maximum Gasteiger partial charge on any atom is 0.224 e. The molecule has 0 amide bonds. The lowest BCUT2D eigenvalue weighted by Gasteiger charge is -2.32. The second-order valence-electron chi connectivity index (χ2n) is 9.91. The second-order valence-corrected chi connectivity index (χ2v) is 9.91. The van der Waals surface area contributed by atoms with Crippen LogP contribution in [-0.4, -0.2) is 65.6 Å². The average Bonchev–Trinajstić information content (AvgIpc) is 3.02. The van der Waals surface area contributed by atoms with Crippen LogP contribution in [0.3, 0.4) is 0 Å². The molecule has 212 valence electrons. The third kappa shape index (κ3) is 6.09. The van der Waals surface area contributed by atoms with E-state index in [1.54, 1.807) is 30.3 Å². The molecule has 1 aliphatic rings. The van der Waals surface area contributed by atoms with Crippen molar-refractivity contribution in [3.05, 3.63) is 95.1 Å². The molecule has 0 saturated carbocycles. The first kappa shape index (κ1) is 28.3. The Morgan fingerprint density at radius 3 is 2.19 bits per heavy atom. The molecule has 0 radical (unpaired) electrons. The summed E-state index contributed by atoms with van der Waals surface area (Å²) in [6, 6.07) is 20.8. The zero-order valence-corrected chi connectivity index (χ0v) is 22.7. The van der Waals surface area contributed by atoms with Gasteiger partial charge in [-0.05, 0) is 53.1 Å². The molecule has 0 spiro atoms. The van der Waals surface area contributed by atoms with Gasteiger partial charge in [0, 0.05) is 30.9 Å². The highest BCUT2D eigenvalue weighted by atomic mass is 16.3. The maximum absolute atomic E-state index is 11.6. The molecule has 10 heteroatoms. The van der Waals surface area contributed by atoms with E-state index in [2.05, 4.69) is 25.5 Å². The van der Waals surface area contributed by atoms with Crippen LogP contribution in [0.1, 0.15) is 16.7 Å². The number of aromatic hydroxyl groups is 2. The minimum absolute atomic E-state index is 0.0759. The highest BCUT2D eigenvalue weighted by molar-refractivity contribution is 5.97. The Bertz CT molecular complexity index is 1650. The van der Waals surface area contributed by atoms with Crippen LogP contribution in [0.5, 0.6) is 11.6 Å². The van der Waals surface area contributed by atoms with Crippen molar-refractivity contribution in [2.45, 2.75) is 24.8 Å². The van der Waals surface area contributed by atoms with E-state index in [-0.39, 0.29) is 17.2 Å². The quantitative estimate of drug-likeness (QED) is 0.178. The summed E-state index contributed by atoms with van der Waals surface area (Å²) < 4.78 is 0. The number of carbonyl (C=O) groups excluding carboxylic acids is 3. The van der Waals surface area contributed by atoms with Crippen LogP contribution < -0.4 is 15.5 Å². The molecule has 4 aromatic rings. The van der Waals surface area contributed by atoms with Crippen LogP contribution >= 0.6 is 0 Å². The van der Waals surface area contributed by atoms with Gasteiger partial charge in [0.1, 0.15) is 24.5 Å². The molecule has 2 atom stereocenters. The number of hydrogen-bond donors (Lipinski definition) is 4. The van der Waals surface area contributed by atoms with Crippen molar-refractivity contribution < 1.29 is 24.6 Å². The number of aldehydes is 3. The van der Waals surface area contributed by atoms with Gasteiger partial charge in [-0.2, -0.15) is 0 Å². The van der Waals surface area contributed by atoms with Crippen molar-refractivity contribution in [1.29, 1.82) is 0 Å². The summed E-state index contributed by atoms with van der Waals surface area (Å²) in [6.07, 6.45) is 4.40. The van der Waals surface area contributed by atoms with Gasteiger partial charge in [0.05, 0.1) is 28.9 Å². The topological polar surface area (TPSA) is 144 Å². The van der Waals surface area contributed by atoms with E-state index < -0.39 is 18.2 Å². The Balaban J connectivity index is 1.25. The standard InChI is InChI=1S/C32H29N5O5/c1-37(23-12-8-20(9-13-23)14-25-28(17-38)34-30(19-40)35-29(25)18-39)16-21-6-10-22(11-7-21)33-15-26-31(41)24-4-2-3-5-27(24)36-32(26)42/h2-15,17-19,28-30,34-35H,16H2,1H3,(H2,36,41,42). The van der Waals surface area contributed by atoms with Gasteiger partial charge in [0.25, 0.3) is 0 Å². The van der Waals surface area contributed by atoms with Crippen LogP contribution in [0, 0.1) is 0 Å². The molecule has 2 heterocycles. The number of carbonyl (C=O) groups is 3. The van der Waals surface area contributed by atoms with Crippen molar-refractivity contribution in [2.24, 2.45) is 4.99 Å². The summed E-state index contributed by atoms with van der Waals surface area (Å²) in [5.74, 6) is -0.367. The highest BCUT2D eigenvalue weighted by Crippen LogP contribution is 2.32. The number of hydrogen-bond acceptors (Lipinski definition) is 10. The minimum Gasteiger partial charge on any atom is -0.506 e. The van der Waals surface area contributed by atoms with Gasteiger partial charge < -0.3 is 29.5 Å². The Hall–Kier alpha value is -5.19. The number of rotatable bonds is 9. The van der Waals surface area contributed by atoms with Crippen molar-refractivity contribution in [3.8, 4) is 11.6 Å². The van der Waals surface area contributed by atoms with E-state index in [4.69, 9.17) is 0 Å². The van der Waals surface area contributed by atoms with Gasteiger partial charge in [-0.3, -0.25) is 15.6 Å². The van der Waals surface area contributed by atoms with E-state index in [1.165, 1.54) is 6.21 Å². The molecule has 4 N–H and O–H groups in total. The van der Waals surface area contributed by atoms with Crippen LogP contribution in [0.2, 0.25) is 0 Å². The van der Waals surface area contributed by atoms with Crippen LogP contribution in [0.4, 0.5) is 11.4 Å². The normalized spacial score (nSPS) is 18.6. The predicted molar refractivity (Wildman–Crippen MR) is 161 cm³/mol. The molecule has 1 aromatic heterocycles. The molecule has 1 aliphatic heterocycles. The van der Waals surface area contributed by atoms with Gasteiger partial charge in [-0.15, -0.1) is 0 Å². The number of pyridine rings is 1. The molecular formula is C32H29N5O5. The van der Waals surface area contributed by atoms with Crippen molar-refractivity contribution in [3.63, 3.8) is 0 Å². The Kier molecular flexibility index (Phi) is 8.47. The number of aliphatic imine (C=N–C) groups is 1. The fourth-order valence-corrected chi connectivity index (χ4v) is 4.84. The number of nitrogens with one attached hydrogen (secondary N) is 2. The van der Waals surface area contributed by atoms with Gasteiger partial charge in [0.15, 0.2) is 6.29 Å². The molecule has 3 aromatic carbocycles. The Morgan fingerprint density at radius 1 is 0.881 bits per heavy atom. The zero-order chi connectivity index (χ0) is 29.6.